The highest BCUT2D eigenvalue weighted by Crippen LogP contribution is 2.24. The van der Waals surface area contributed by atoms with Crippen LogP contribution in [0, 0.1) is 0 Å². The van der Waals surface area contributed by atoms with Crippen LogP contribution in [0.1, 0.15) is 5.82 Å². The van der Waals surface area contributed by atoms with Crippen molar-refractivity contribution >= 4 is 49.5 Å². The zero-order valence-corrected chi connectivity index (χ0v) is 16.6. The molecule has 0 aliphatic heterocycles. The zero-order valence-electron chi connectivity index (χ0n) is 15.8. The van der Waals surface area contributed by atoms with Crippen molar-refractivity contribution in [1.29, 1.82) is 0 Å². The molecule has 1 aromatic carbocycles. The van der Waals surface area contributed by atoms with Gasteiger partial charge in [-0.3, -0.25) is 19.0 Å². The quantitative estimate of drug-likeness (QED) is 0.475. The molecule has 0 aliphatic rings. The lowest BCUT2D eigenvalue weighted by Gasteiger charge is -2.17. The third-order valence-corrected chi connectivity index (χ3v) is 5.74. The lowest BCUT2D eigenvalue weighted by molar-refractivity contribution is -0.131. The number of nitrogens with one attached hydrogen (secondary N) is 1. The zero-order chi connectivity index (χ0) is 20.8. The normalized spacial score (nSPS) is 11.5. The summed E-state index contributed by atoms with van der Waals surface area (Å²) in [7, 11) is 1.58. The lowest BCUT2D eigenvalue weighted by Crippen LogP contribution is -2.34. The number of hydrogen-bond donors (Lipinski definition) is 1. The van der Waals surface area contributed by atoms with Crippen molar-refractivity contribution in [3.8, 4) is 0 Å². The number of benzene rings is 1. The molecule has 0 saturated carbocycles. The number of hydrogen-bond acceptors (Lipinski definition) is 7. The van der Waals surface area contributed by atoms with Crippen LogP contribution in [0.4, 0.5) is 0 Å². The second-order valence-electron chi connectivity index (χ2n) is 6.85. The number of furan rings is 1. The average molecular weight is 421 g/mol. The first-order valence-corrected chi connectivity index (χ1v) is 9.96. The van der Waals surface area contributed by atoms with E-state index in [9.17, 15) is 14.4 Å². The van der Waals surface area contributed by atoms with E-state index in [0.29, 0.717) is 27.1 Å². The van der Waals surface area contributed by atoms with Crippen molar-refractivity contribution in [2.45, 2.75) is 13.1 Å². The first kappa shape index (κ1) is 18.3. The van der Waals surface area contributed by atoms with Gasteiger partial charge in [0.2, 0.25) is 11.5 Å². The molecular formula is C20H15N5O4S. The highest BCUT2D eigenvalue weighted by Gasteiger charge is 2.17. The fourth-order valence-electron chi connectivity index (χ4n) is 3.30. The van der Waals surface area contributed by atoms with Crippen molar-refractivity contribution in [2.24, 2.45) is 0 Å². The molecule has 0 unspecified atom stereocenters. The van der Waals surface area contributed by atoms with Crippen molar-refractivity contribution in [2.75, 3.05) is 7.05 Å². The van der Waals surface area contributed by atoms with Gasteiger partial charge in [0, 0.05) is 12.4 Å². The number of carbonyl (C=O) groups is 1. The average Bonchev–Trinajstić information content (AvgIpc) is 3.35. The van der Waals surface area contributed by atoms with E-state index in [-0.39, 0.29) is 30.1 Å². The van der Waals surface area contributed by atoms with Gasteiger partial charge in [-0.2, -0.15) is 0 Å². The number of nitrogens with zero attached hydrogens (tertiary/aromatic N) is 4. The second kappa shape index (κ2) is 6.92. The molecule has 1 N–H and O–H groups in total. The summed E-state index contributed by atoms with van der Waals surface area (Å²) in [6.45, 7) is -0.102. The van der Waals surface area contributed by atoms with Crippen LogP contribution in [0.3, 0.4) is 0 Å². The van der Waals surface area contributed by atoms with E-state index < -0.39 is 5.56 Å². The molecule has 10 heteroatoms. The molecule has 0 fully saturated rings. The number of amides is 1. The topological polar surface area (TPSA) is 114 Å². The third kappa shape index (κ3) is 2.98. The fraction of sp³-hybridized carbons (Fsp3) is 0.150. The first-order valence-electron chi connectivity index (χ1n) is 9.08. The van der Waals surface area contributed by atoms with Gasteiger partial charge < -0.3 is 14.3 Å². The van der Waals surface area contributed by atoms with Gasteiger partial charge >= 0.3 is 0 Å². The molecule has 150 valence electrons. The molecule has 1 amide bonds. The maximum atomic E-state index is 12.8. The number of aromatic nitrogens is 4. The predicted octanol–water partition coefficient (Wildman–Crippen LogP) is 2.10. The number of H-pyrrole nitrogens is 1. The lowest BCUT2D eigenvalue weighted by atomic mass is 10.2. The summed E-state index contributed by atoms with van der Waals surface area (Å²) in [4.78, 5) is 50.3. The Morgan fingerprint density at radius 1 is 1.27 bits per heavy atom. The Balaban J connectivity index is 1.40. The molecule has 0 saturated heterocycles. The summed E-state index contributed by atoms with van der Waals surface area (Å²) in [6.07, 6.45) is 1.34. The van der Waals surface area contributed by atoms with Gasteiger partial charge in [0.25, 0.3) is 11.1 Å². The van der Waals surface area contributed by atoms with Crippen molar-refractivity contribution in [3.63, 3.8) is 0 Å². The van der Waals surface area contributed by atoms with Crippen LogP contribution in [0.2, 0.25) is 0 Å². The monoisotopic (exact) mass is 421 g/mol. The Bertz CT molecular complexity index is 1540. The molecule has 0 spiro atoms. The van der Waals surface area contributed by atoms with E-state index in [1.165, 1.54) is 27.1 Å². The summed E-state index contributed by atoms with van der Waals surface area (Å²) >= 11 is 1.31. The number of aromatic amines is 1. The fourth-order valence-corrected chi connectivity index (χ4v) is 4.03. The predicted molar refractivity (Wildman–Crippen MR) is 112 cm³/mol. The SMILES string of the molecule is CN(Cc1nc2ccsc2c(=O)[nH]1)C(=O)Cn1cnc2c(oc3ccccc32)c1=O. The largest absolute Gasteiger partial charge is 0.448 e. The second-order valence-corrected chi connectivity index (χ2v) is 7.77. The maximum Gasteiger partial charge on any atom is 0.297 e. The maximum absolute atomic E-state index is 12.8. The van der Waals surface area contributed by atoms with E-state index in [1.807, 2.05) is 18.2 Å². The summed E-state index contributed by atoms with van der Waals surface area (Å²) in [5.74, 6) is 0.0439. The summed E-state index contributed by atoms with van der Waals surface area (Å²) < 4.78 is 7.39. The Labute approximate surface area is 172 Å². The van der Waals surface area contributed by atoms with Crippen molar-refractivity contribution < 1.29 is 9.21 Å². The highest BCUT2D eigenvalue weighted by atomic mass is 32.1. The molecule has 0 bridgehead atoms. The van der Waals surface area contributed by atoms with Gasteiger partial charge in [0.05, 0.1) is 18.4 Å². The smallest absolute Gasteiger partial charge is 0.297 e. The first-order chi connectivity index (χ1) is 14.5. The number of para-hydroxylation sites is 1. The molecule has 0 aliphatic carbocycles. The number of fused-ring (bicyclic) bond motifs is 4. The molecular weight excluding hydrogens is 406 g/mol. The minimum atomic E-state index is -0.427. The summed E-state index contributed by atoms with van der Waals surface area (Å²) in [6, 6.07) is 9.00. The standard InChI is InChI=1S/C20H15N5O4S/c1-24(8-14-22-12-6-7-30-18(12)19(27)23-14)15(26)9-25-10-21-16-11-4-2-3-5-13(11)29-17(16)20(25)28/h2-7,10H,8-9H2,1H3,(H,22,23,27). The molecule has 9 nitrogen and oxygen atoms in total. The Hall–Kier alpha value is -3.79. The van der Waals surface area contributed by atoms with Gasteiger partial charge in [0.15, 0.2) is 0 Å². The van der Waals surface area contributed by atoms with Crippen LogP contribution in [0.15, 0.2) is 56.0 Å². The van der Waals surface area contributed by atoms with Gasteiger partial charge in [-0.1, -0.05) is 12.1 Å². The van der Waals surface area contributed by atoms with E-state index >= 15 is 0 Å². The minimum absolute atomic E-state index is 0.106. The molecule has 0 atom stereocenters. The van der Waals surface area contributed by atoms with Gasteiger partial charge in [-0.25, -0.2) is 9.97 Å². The number of carbonyl (C=O) groups excluding carboxylic acids is 1. The molecule has 4 aromatic heterocycles. The van der Waals surface area contributed by atoms with Gasteiger partial charge in [-0.05, 0) is 23.6 Å². The Kier molecular flexibility index (Phi) is 4.21. The molecule has 5 rings (SSSR count). The summed E-state index contributed by atoms with van der Waals surface area (Å²) in [5, 5.41) is 2.54. The van der Waals surface area contributed by atoms with Crippen LogP contribution in [-0.4, -0.2) is 37.4 Å². The number of likely N-dealkylation sites (N-methyl/N-ethyl adjacent to an activating group) is 1. The van der Waals surface area contributed by atoms with Crippen LogP contribution < -0.4 is 11.1 Å². The van der Waals surface area contributed by atoms with E-state index in [0.717, 1.165) is 5.39 Å². The van der Waals surface area contributed by atoms with E-state index in [2.05, 4.69) is 15.0 Å². The highest BCUT2D eigenvalue weighted by molar-refractivity contribution is 7.17. The number of thiophene rings is 1. The van der Waals surface area contributed by atoms with E-state index in [4.69, 9.17) is 4.42 Å². The minimum Gasteiger partial charge on any atom is -0.448 e. The van der Waals surface area contributed by atoms with E-state index in [1.54, 1.807) is 24.6 Å². The third-order valence-electron chi connectivity index (χ3n) is 4.83. The molecule has 30 heavy (non-hydrogen) atoms. The summed E-state index contributed by atoms with van der Waals surface area (Å²) in [5.41, 5.74) is 1.08. The van der Waals surface area contributed by atoms with Crippen LogP contribution >= 0.6 is 11.3 Å². The Morgan fingerprint density at radius 3 is 2.97 bits per heavy atom. The molecule has 5 aromatic rings. The van der Waals surface area contributed by atoms with Crippen molar-refractivity contribution in [3.05, 3.63) is 68.6 Å². The van der Waals surface area contributed by atoms with Gasteiger partial charge in [-0.15, -0.1) is 11.3 Å². The molecule has 0 radical (unpaired) electrons. The van der Waals surface area contributed by atoms with Crippen molar-refractivity contribution in [1.82, 2.24) is 24.4 Å². The Morgan fingerprint density at radius 2 is 2.10 bits per heavy atom. The van der Waals surface area contributed by atoms with Crippen LogP contribution in [-0.2, 0) is 17.9 Å². The number of rotatable bonds is 4. The van der Waals surface area contributed by atoms with Crippen LogP contribution in [0.5, 0.6) is 0 Å². The molecule has 4 heterocycles. The van der Waals surface area contributed by atoms with Crippen LogP contribution in [0.25, 0.3) is 32.3 Å². The van der Waals surface area contributed by atoms with Gasteiger partial charge in [0.1, 0.15) is 28.2 Å².